The summed E-state index contributed by atoms with van der Waals surface area (Å²) in [4.78, 5) is 37.8. The molecule has 0 fully saturated rings. The fourth-order valence-electron chi connectivity index (χ4n) is 2.80. The molecule has 0 aliphatic heterocycles. The van der Waals surface area contributed by atoms with Crippen LogP contribution in [0.4, 0.5) is 0 Å². The number of ketones is 1. The largest absolute Gasteiger partial charge is 0.467 e. The van der Waals surface area contributed by atoms with Crippen molar-refractivity contribution in [2.75, 3.05) is 13.7 Å². The summed E-state index contributed by atoms with van der Waals surface area (Å²) >= 11 is 0. The van der Waals surface area contributed by atoms with Gasteiger partial charge in [0, 0.05) is 12.8 Å². The van der Waals surface area contributed by atoms with Crippen molar-refractivity contribution in [2.24, 2.45) is 17.6 Å². The highest BCUT2D eigenvalue weighted by atomic mass is 16.5. The minimum absolute atomic E-state index is 0.0364. The van der Waals surface area contributed by atoms with E-state index in [-0.39, 0.29) is 31.1 Å². The van der Waals surface area contributed by atoms with E-state index < -0.39 is 35.5 Å². The van der Waals surface area contributed by atoms with Crippen molar-refractivity contribution in [1.29, 1.82) is 0 Å². The Morgan fingerprint density at radius 2 is 1.70 bits per heavy atom. The van der Waals surface area contributed by atoms with Crippen molar-refractivity contribution in [3.8, 4) is 0 Å². The summed E-state index contributed by atoms with van der Waals surface area (Å²) in [6, 6.07) is 7.81. The molecule has 1 aromatic carbocycles. The standard InChI is InChI=1S/C23H36N2O5/c1-15(2)20(24)19(26)13-17(14-30-23(3,4)5)21(27)25-18(22(28)29-6)12-16-10-8-7-9-11-16/h7-11,15,17-18,20H,12-14,24H2,1-6H3,(H,25,27)/t17-,18-,20-/m0/s1. The van der Waals surface area contributed by atoms with Gasteiger partial charge in [-0.3, -0.25) is 9.59 Å². The Labute approximate surface area is 179 Å². The van der Waals surface area contributed by atoms with Gasteiger partial charge in [0.1, 0.15) is 6.04 Å². The van der Waals surface area contributed by atoms with Crippen molar-refractivity contribution in [2.45, 2.75) is 65.1 Å². The van der Waals surface area contributed by atoms with Crippen molar-refractivity contribution >= 4 is 17.7 Å². The SMILES string of the molecule is COC(=O)[C@H](Cc1ccccc1)NC(=O)[C@H](COC(C)(C)C)CC(=O)[C@@H](N)C(C)C. The number of rotatable bonds is 11. The van der Waals surface area contributed by atoms with Crippen LogP contribution in [0, 0.1) is 11.8 Å². The predicted octanol–water partition coefficient (Wildman–Crippen LogP) is 2.26. The van der Waals surface area contributed by atoms with Crippen molar-refractivity contribution in [1.82, 2.24) is 5.32 Å². The molecule has 7 nitrogen and oxygen atoms in total. The number of hydrogen-bond donors (Lipinski definition) is 2. The number of nitrogens with two attached hydrogens (primary N) is 1. The Balaban J connectivity index is 2.97. The second-order valence-corrected chi connectivity index (χ2v) is 8.83. The van der Waals surface area contributed by atoms with Crippen LogP contribution in [0.3, 0.4) is 0 Å². The van der Waals surface area contributed by atoms with E-state index in [1.807, 2.05) is 65.0 Å². The molecule has 3 N–H and O–H groups in total. The molecule has 1 aromatic rings. The van der Waals surface area contributed by atoms with Crippen LogP contribution in [0.1, 0.15) is 46.6 Å². The Kier molecular flexibility index (Phi) is 10.2. The van der Waals surface area contributed by atoms with E-state index in [0.29, 0.717) is 0 Å². The number of Topliss-reactive ketones (excluding diaryl/α,β-unsaturated/α-hetero) is 1. The van der Waals surface area contributed by atoms with Crippen LogP contribution >= 0.6 is 0 Å². The Hall–Kier alpha value is -2.25. The summed E-state index contributed by atoms with van der Waals surface area (Å²) in [5.41, 5.74) is 6.37. The highest BCUT2D eigenvalue weighted by Gasteiger charge is 2.31. The first-order valence-corrected chi connectivity index (χ1v) is 10.3. The van der Waals surface area contributed by atoms with Crippen molar-refractivity contribution in [3.05, 3.63) is 35.9 Å². The number of esters is 1. The van der Waals surface area contributed by atoms with Gasteiger partial charge >= 0.3 is 5.97 Å². The number of benzene rings is 1. The molecule has 1 rings (SSSR count). The molecule has 0 saturated carbocycles. The summed E-state index contributed by atoms with van der Waals surface area (Å²) < 4.78 is 10.6. The molecule has 0 bridgehead atoms. The van der Waals surface area contributed by atoms with Crippen LogP contribution in [-0.4, -0.2) is 49.1 Å². The minimum Gasteiger partial charge on any atom is -0.467 e. The maximum Gasteiger partial charge on any atom is 0.328 e. The van der Waals surface area contributed by atoms with E-state index in [1.54, 1.807) is 0 Å². The first-order valence-electron chi connectivity index (χ1n) is 10.3. The zero-order chi connectivity index (χ0) is 22.9. The molecule has 30 heavy (non-hydrogen) atoms. The number of ether oxygens (including phenoxy) is 2. The van der Waals surface area contributed by atoms with Gasteiger partial charge in [0.25, 0.3) is 0 Å². The van der Waals surface area contributed by atoms with Crippen LogP contribution in [-0.2, 0) is 30.3 Å². The van der Waals surface area contributed by atoms with E-state index in [0.717, 1.165) is 5.56 Å². The third kappa shape index (κ3) is 9.05. The lowest BCUT2D eigenvalue weighted by Crippen LogP contribution is -2.48. The predicted molar refractivity (Wildman–Crippen MR) is 116 cm³/mol. The van der Waals surface area contributed by atoms with Gasteiger partial charge in [-0.25, -0.2) is 4.79 Å². The lowest BCUT2D eigenvalue weighted by atomic mass is 9.92. The summed E-state index contributed by atoms with van der Waals surface area (Å²) in [7, 11) is 1.28. The molecule has 0 aromatic heterocycles. The normalized spacial score (nSPS) is 14.7. The molecule has 0 radical (unpaired) electrons. The topological polar surface area (TPSA) is 108 Å². The van der Waals surface area contributed by atoms with Crippen LogP contribution in [0.2, 0.25) is 0 Å². The molecule has 7 heteroatoms. The zero-order valence-corrected chi connectivity index (χ0v) is 18.9. The highest BCUT2D eigenvalue weighted by molar-refractivity contribution is 5.91. The minimum atomic E-state index is -0.865. The Bertz CT molecular complexity index is 697. The van der Waals surface area contributed by atoms with E-state index in [2.05, 4.69) is 5.32 Å². The van der Waals surface area contributed by atoms with E-state index in [1.165, 1.54) is 7.11 Å². The van der Waals surface area contributed by atoms with Crippen LogP contribution < -0.4 is 11.1 Å². The maximum absolute atomic E-state index is 13.0. The highest BCUT2D eigenvalue weighted by Crippen LogP contribution is 2.16. The van der Waals surface area contributed by atoms with Gasteiger partial charge in [0.15, 0.2) is 5.78 Å². The summed E-state index contributed by atoms with van der Waals surface area (Å²) in [5.74, 6) is -1.99. The van der Waals surface area contributed by atoms with Crippen molar-refractivity contribution < 1.29 is 23.9 Å². The first kappa shape index (κ1) is 25.8. The molecular weight excluding hydrogens is 384 g/mol. The number of nitrogens with one attached hydrogen (secondary N) is 1. The van der Waals surface area contributed by atoms with Crippen LogP contribution in [0.25, 0.3) is 0 Å². The monoisotopic (exact) mass is 420 g/mol. The fraction of sp³-hybridized carbons (Fsp3) is 0.609. The Morgan fingerprint density at radius 3 is 2.20 bits per heavy atom. The lowest BCUT2D eigenvalue weighted by molar-refractivity contribution is -0.146. The number of hydrogen-bond acceptors (Lipinski definition) is 6. The first-order chi connectivity index (χ1) is 13.9. The number of carbonyl (C=O) groups is 3. The molecule has 3 atom stereocenters. The average molecular weight is 421 g/mol. The fourth-order valence-corrected chi connectivity index (χ4v) is 2.80. The summed E-state index contributed by atoms with van der Waals surface area (Å²) in [5, 5.41) is 2.74. The average Bonchev–Trinajstić information content (AvgIpc) is 2.68. The van der Waals surface area contributed by atoms with Gasteiger partial charge in [0.2, 0.25) is 5.91 Å². The molecule has 1 amide bonds. The number of methoxy groups -OCH3 is 1. The summed E-state index contributed by atoms with van der Waals surface area (Å²) in [6.45, 7) is 9.38. The van der Waals surface area contributed by atoms with Gasteiger partial charge in [-0.05, 0) is 32.3 Å². The summed E-state index contributed by atoms with van der Waals surface area (Å²) in [6.07, 6.45) is 0.228. The van der Waals surface area contributed by atoms with Gasteiger partial charge in [-0.15, -0.1) is 0 Å². The zero-order valence-electron chi connectivity index (χ0n) is 18.9. The van der Waals surface area contributed by atoms with E-state index in [4.69, 9.17) is 15.2 Å². The van der Waals surface area contributed by atoms with Crippen LogP contribution in [0.5, 0.6) is 0 Å². The second-order valence-electron chi connectivity index (χ2n) is 8.83. The molecule has 0 unspecified atom stereocenters. The molecule has 0 spiro atoms. The smallest absolute Gasteiger partial charge is 0.328 e. The quantitative estimate of drug-likeness (QED) is 0.532. The molecule has 0 saturated heterocycles. The molecular formula is C23H36N2O5. The molecule has 0 heterocycles. The number of carbonyl (C=O) groups excluding carboxylic acids is 3. The van der Waals surface area contributed by atoms with E-state index >= 15 is 0 Å². The third-order valence-corrected chi connectivity index (χ3v) is 4.71. The molecule has 0 aliphatic carbocycles. The van der Waals surface area contributed by atoms with E-state index in [9.17, 15) is 14.4 Å². The Morgan fingerprint density at radius 1 is 1.10 bits per heavy atom. The van der Waals surface area contributed by atoms with Gasteiger partial charge in [-0.1, -0.05) is 44.2 Å². The van der Waals surface area contributed by atoms with Gasteiger partial charge in [-0.2, -0.15) is 0 Å². The lowest BCUT2D eigenvalue weighted by Gasteiger charge is -2.26. The third-order valence-electron chi connectivity index (χ3n) is 4.71. The van der Waals surface area contributed by atoms with Crippen LogP contribution in [0.15, 0.2) is 30.3 Å². The molecule has 168 valence electrons. The van der Waals surface area contributed by atoms with Gasteiger partial charge < -0.3 is 20.5 Å². The van der Waals surface area contributed by atoms with Gasteiger partial charge in [0.05, 0.1) is 31.3 Å². The molecule has 0 aliphatic rings. The number of amides is 1. The second kappa shape index (κ2) is 11.8. The maximum atomic E-state index is 13.0. The van der Waals surface area contributed by atoms with Crippen molar-refractivity contribution in [3.63, 3.8) is 0 Å².